The highest BCUT2D eigenvalue weighted by Gasteiger charge is 2.17. The molecule has 0 unspecified atom stereocenters. The molecule has 2 aromatic carbocycles. The molecule has 152 valence electrons. The maximum atomic E-state index is 12.8. The van der Waals surface area contributed by atoms with Crippen LogP contribution < -0.4 is 14.3 Å². The van der Waals surface area contributed by atoms with Crippen molar-refractivity contribution in [2.24, 2.45) is 4.99 Å². The molecule has 0 radical (unpaired) electrons. The molecule has 0 saturated carbocycles. The third kappa shape index (κ3) is 4.47. The molecule has 0 atom stereocenters. The summed E-state index contributed by atoms with van der Waals surface area (Å²) in [6.45, 7) is -0.121. The molecular weight excluding hydrogens is 484 g/mol. The predicted octanol–water partition coefficient (Wildman–Crippen LogP) is 4.05. The number of fused-ring (bicyclic) bond motifs is 1. The fourth-order valence-corrected chi connectivity index (χ4v) is 4.23. The van der Waals surface area contributed by atoms with Crippen molar-refractivity contribution < 1.29 is 23.8 Å². The molecule has 0 aliphatic rings. The Labute approximate surface area is 183 Å². The molecule has 1 heterocycles. The van der Waals surface area contributed by atoms with E-state index in [2.05, 4.69) is 20.9 Å². The number of benzene rings is 2. The number of amides is 1. The lowest BCUT2D eigenvalue weighted by atomic mass is 10.2. The van der Waals surface area contributed by atoms with Crippen LogP contribution >= 0.6 is 38.9 Å². The number of carbonyl (C=O) groups excluding carboxylic acids is 2. The van der Waals surface area contributed by atoms with Crippen molar-refractivity contribution in [3.63, 3.8) is 0 Å². The van der Waals surface area contributed by atoms with Gasteiger partial charge in [-0.2, -0.15) is 4.99 Å². The lowest BCUT2D eigenvalue weighted by Gasteiger charge is -2.09. The number of rotatable bonds is 5. The minimum absolute atomic E-state index is 0.121. The highest BCUT2D eigenvalue weighted by Crippen LogP contribution is 2.33. The second-order valence-electron chi connectivity index (χ2n) is 5.76. The quantitative estimate of drug-likeness (QED) is 0.495. The molecule has 3 rings (SSSR count). The van der Waals surface area contributed by atoms with Gasteiger partial charge in [-0.15, -0.1) is 0 Å². The molecule has 0 bridgehead atoms. The third-order valence-corrected chi connectivity index (χ3v) is 5.92. The molecule has 0 spiro atoms. The number of thiazole rings is 1. The molecule has 0 aliphatic heterocycles. The van der Waals surface area contributed by atoms with Gasteiger partial charge in [0, 0.05) is 16.6 Å². The first kappa shape index (κ1) is 21.4. The number of esters is 1. The van der Waals surface area contributed by atoms with Gasteiger partial charge < -0.3 is 18.8 Å². The summed E-state index contributed by atoms with van der Waals surface area (Å²) >= 11 is 10.7. The molecule has 3 aromatic rings. The maximum absolute atomic E-state index is 12.8. The van der Waals surface area contributed by atoms with Crippen LogP contribution in [0.4, 0.5) is 0 Å². The zero-order chi connectivity index (χ0) is 21.1. The fourth-order valence-electron chi connectivity index (χ4n) is 2.64. The average molecular weight is 500 g/mol. The molecule has 0 aliphatic carbocycles. The Morgan fingerprint density at radius 3 is 2.48 bits per heavy atom. The first-order chi connectivity index (χ1) is 13.9. The van der Waals surface area contributed by atoms with E-state index in [1.165, 1.54) is 32.7 Å². The number of methoxy groups -OCH3 is 3. The monoisotopic (exact) mass is 498 g/mol. The van der Waals surface area contributed by atoms with Gasteiger partial charge in [-0.3, -0.25) is 9.59 Å². The van der Waals surface area contributed by atoms with Crippen molar-refractivity contribution >= 4 is 61.0 Å². The number of carbonyl (C=O) groups is 2. The highest BCUT2D eigenvalue weighted by molar-refractivity contribution is 9.10. The van der Waals surface area contributed by atoms with E-state index >= 15 is 0 Å². The molecule has 10 heteroatoms. The Morgan fingerprint density at radius 2 is 1.83 bits per heavy atom. The van der Waals surface area contributed by atoms with Crippen molar-refractivity contribution in [3.8, 4) is 11.5 Å². The second kappa shape index (κ2) is 8.98. The van der Waals surface area contributed by atoms with E-state index in [-0.39, 0.29) is 17.1 Å². The van der Waals surface area contributed by atoms with Crippen LogP contribution in [-0.4, -0.2) is 37.8 Å². The van der Waals surface area contributed by atoms with Crippen LogP contribution in [0.2, 0.25) is 5.02 Å². The van der Waals surface area contributed by atoms with E-state index in [1.807, 2.05) is 0 Å². The fraction of sp³-hybridized carbons (Fsp3) is 0.211. The summed E-state index contributed by atoms with van der Waals surface area (Å²) in [6.07, 6.45) is 0. The minimum atomic E-state index is -0.527. The molecule has 7 nitrogen and oxygen atoms in total. The van der Waals surface area contributed by atoms with Gasteiger partial charge in [0.05, 0.1) is 42.1 Å². The number of halogens is 2. The summed E-state index contributed by atoms with van der Waals surface area (Å²) in [4.78, 5) is 29.3. The van der Waals surface area contributed by atoms with Gasteiger partial charge in [0.2, 0.25) is 0 Å². The Bertz CT molecular complexity index is 1170. The number of hydrogen-bond acceptors (Lipinski definition) is 6. The number of hydrogen-bond donors (Lipinski definition) is 0. The molecule has 29 heavy (non-hydrogen) atoms. The average Bonchev–Trinajstić information content (AvgIpc) is 3.04. The van der Waals surface area contributed by atoms with Crippen LogP contribution in [0.5, 0.6) is 11.5 Å². The third-order valence-electron chi connectivity index (χ3n) is 4.06. The zero-order valence-corrected chi connectivity index (χ0v) is 18.9. The van der Waals surface area contributed by atoms with Crippen molar-refractivity contribution in [1.29, 1.82) is 0 Å². The lowest BCUT2D eigenvalue weighted by Crippen LogP contribution is -2.22. The van der Waals surface area contributed by atoms with Crippen molar-refractivity contribution in [3.05, 3.63) is 50.2 Å². The minimum Gasteiger partial charge on any atom is -0.493 e. The lowest BCUT2D eigenvalue weighted by molar-refractivity contribution is -0.141. The largest absolute Gasteiger partial charge is 0.493 e. The SMILES string of the molecule is COC(=O)Cn1c(=NC(=O)c2cc(Br)ccc2Cl)sc2cc(OC)c(OC)cc21. The van der Waals surface area contributed by atoms with E-state index < -0.39 is 11.9 Å². The van der Waals surface area contributed by atoms with Crippen LogP contribution in [0.25, 0.3) is 10.2 Å². The first-order valence-corrected chi connectivity index (χ1v) is 10.2. The number of ether oxygens (including phenoxy) is 3. The predicted molar refractivity (Wildman–Crippen MR) is 114 cm³/mol. The van der Waals surface area contributed by atoms with E-state index in [9.17, 15) is 9.59 Å². The summed E-state index contributed by atoms with van der Waals surface area (Å²) in [5.74, 6) is 0.0120. The van der Waals surface area contributed by atoms with Gasteiger partial charge in [0.1, 0.15) is 6.54 Å². The van der Waals surface area contributed by atoms with Crippen LogP contribution in [0.3, 0.4) is 0 Å². The highest BCUT2D eigenvalue weighted by atomic mass is 79.9. The van der Waals surface area contributed by atoms with Gasteiger partial charge in [-0.25, -0.2) is 0 Å². The molecule has 0 fully saturated rings. The summed E-state index contributed by atoms with van der Waals surface area (Å²) < 4.78 is 18.5. The van der Waals surface area contributed by atoms with Crippen molar-refractivity contribution in [1.82, 2.24) is 4.57 Å². The summed E-state index contributed by atoms with van der Waals surface area (Å²) in [5, 5.41) is 0.283. The normalized spacial score (nSPS) is 11.6. The number of aromatic nitrogens is 1. The number of nitrogens with zero attached hydrogens (tertiary/aromatic N) is 2. The summed E-state index contributed by atoms with van der Waals surface area (Å²) in [7, 11) is 4.35. The maximum Gasteiger partial charge on any atom is 0.325 e. The second-order valence-corrected chi connectivity index (χ2v) is 8.09. The standard InChI is InChI=1S/C19H16BrClN2O5S/c1-26-14-7-13-16(8-15(14)27-2)29-19(23(13)9-17(24)28-3)22-18(25)11-6-10(20)4-5-12(11)21/h4-8H,9H2,1-3H3. The smallest absolute Gasteiger partial charge is 0.325 e. The van der Waals surface area contributed by atoms with Crippen LogP contribution in [0.15, 0.2) is 39.8 Å². The molecular formula is C19H16BrClN2O5S. The van der Waals surface area contributed by atoms with E-state index in [0.717, 1.165) is 4.70 Å². The Hall–Kier alpha value is -2.36. The zero-order valence-electron chi connectivity index (χ0n) is 15.7. The van der Waals surface area contributed by atoms with Crippen molar-refractivity contribution in [2.45, 2.75) is 6.54 Å². The van der Waals surface area contributed by atoms with Gasteiger partial charge in [-0.1, -0.05) is 38.9 Å². The summed E-state index contributed by atoms with van der Waals surface area (Å²) in [6, 6.07) is 8.43. The molecule has 1 amide bonds. The summed E-state index contributed by atoms with van der Waals surface area (Å²) in [5.41, 5.74) is 0.906. The topological polar surface area (TPSA) is 79.1 Å². The molecule has 0 N–H and O–H groups in total. The van der Waals surface area contributed by atoms with Gasteiger partial charge in [0.15, 0.2) is 16.3 Å². The Balaban J connectivity index is 2.23. The van der Waals surface area contributed by atoms with Gasteiger partial charge in [-0.05, 0) is 18.2 Å². The Morgan fingerprint density at radius 1 is 1.14 bits per heavy atom. The van der Waals surface area contributed by atoms with Crippen molar-refractivity contribution in [2.75, 3.05) is 21.3 Å². The molecule has 1 aromatic heterocycles. The van der Waals surface area contributed by atoms with Crippen LogP contribution in [0, 0.1) is 0 Å². The van der Waals surface area contributed by atoms with E-state index in [1.54, 1.807) is 34.9 Å². The van der Waals surface area contributed by atoms with Crippen LogP contribution in [0.1, 0.15) is 10.4 Å². The van der Waals surface area contributed by atoms with Crippen LogP contribution in [-0.2, 0) is 16.1 Å². The first-order valence-electron chi connectivity index (χ1n) is 8.24. The van der Waals surface area contributed by atoms with Gasteiger partial charge in [0.25, 0.3) is 5.91 Å². The van der Waals surface area contributed by atoms with Gasteiger partial charge >= 0.3 is 5.97 Å². The van der Waals surface area contributed by atoms with E-state index in [4.69, 9.17) is 25.8 Å². The van der Waals surface area contributed by atoms with E-state index in [0.29, 0.717) is 26.3 Å². The molecule has 0 saturated heterocycles. The Kier molecular flexibility index (Phi) is 6.61.